The van der Waals surface area contributed by atoms with E-state index in [2.05, 4.69) is 10.3 Å². The Kier molecular flexibility index (Phi) is 6.98. The number of carbonyl (C=O) groups excluding carboxylic acids is 2. The molecule has 1 saturated carbocycles. The number of aliphatic carboxylic acids is 1. The Bertz CT molecular complexity index is 1290. The highest BCUT2D eigenvalue weighted by Gasteiger charge is 2.43. The zero-order valence-corrected chi connectivity index (χ0v) is 22.1. The summed E-state index contributed by atoms with van der Waals surface area (Å²) >= 11 is 0. The van der Waals surface area contributed by atoms with Crippen molar-refractivity contribution in [1.82, 2.24) is 9.88 Å². The zero-order valence-electron chi connectivity index (χ0n) is 22.1. The van der Waals surface area contributed by atoms with Gasteiger partial charge in [0.1, 0.15) is 11.9 Å². The van der Waals surface area contributed by atoms with Crippen molar-refractivity contribution in [3.05, 3.63) is 58.2 Å². The van der Waals surface area contributed by atoms with Crippen LogP contribution in [0.5, 0.6) is 0 Å². The fourth-order valence-electron chi connectivity index (χ4n) is 6.34. The van der Waals surface area contributed by atoms with Crippen molar-refractivity contribution in [3.63, 3.8) is 0 Å². The smallest absolute Gasteiger partial charge is 0.303 e. The number of carboxylic acids is 1. The van der Waals surface area contributed by atoms with E-state index in [-0.39, 0.29) is 35.4 Å². The third-order valence-corrected chi connectivity index (χ3v) is 8.27. The molecule has 202 valence electrons. The molecule has 1 aromatic carbocycles. The second kappa shape index (κ2) is 10.1. The quantitative estimate of drug-likeness (QED) is 0.564. The molecule has 1 fully saturated rings. The number of benzene rings is 1. The molecule has 0 radical (unpaired) electrons. The summed E-state index contributed by atoms with van der Waals surface area (Å²) in [5.41, 5.74) is 3.84. The van der Waals surface area contributed by atoms with Crippen molar-refractivity contribution < 1.29 is 28.6 Å². The number of carboxylic acid groups (broad SMARTS) is 1. The number of rotatable bonds is 7. The summed E-state index contributed by atoms with van der Waals surface area (Å²) in [6.07, 6.45) is 3.12. The fraction of sp³-hybridized carbons (Fsp3) is 0.517. The molecule has 3 aliphatic rings. The van der Waals surface area contributed by atoms with Crippen LogP contribution in [-0.2, 0) is 44.0 Å². The van der Waals surface area contributed by atoms with Crippen LogP contribution in [0.2, 0.25) is 0 Å². The van der Waals surface area contributed by atoms with Gasteiger partial charge in [0.25, 0.3) is 5.91 Å². The largest absolute Gasteiger partial charge is 0.481 e. The molecule has 2 heterocycles. The Morgan fingerprint density at radius 3 is 2.68 bits per heavy atom. The van der Waals surface area contributed by atoms with Crippen molar-refractivity contribution in [2.24, 2.45) is 11.8 Å². The first-order valence-corrected chi connectivity index (χ1v) is 13.2. The van der Waals surface area contributed by atoms with Crippen molar-refractivity contribution in [3.8, 4) is 0 Å². The lowest BCUT2D eigenvalue weighted by Gasteiger charge is -2.42. The van der Waals surface area contributed by atoms with Crippen LogP contribution < -0.4 is 5.32 Å². The van der Waals surface area contributed by atoms with Crippen LogP contribution in [0.25, 0.3) is 0 Å². The summed E-state index contributed by atoms with van der Waals surface area (Å²) in [6.45, 7) is 4.70. The molecule has 1 aromatic heterocycles. The maximum Gasteiger partial charge on any atom is 0.303 e. The van der Waals surface area contributed by atoms with Gasteiger partial charge in [-0.25, -0.2) is 4.39 Å². The summed E-state index contributed by atoms with van der Waals surface area (Å²) in [5.74, 6) is -2.10. The minimum atomic E-state index is -0.915. The highest BCUT2D eigenvalue weighted by Crippen LogP contribution is 2.42. The lowest BCUT2D eigenvalue weighted by atomic mass is 9.72. The molecule has 2 N–H and O–H groups in total. The molecular weight excluding hydrogens is 489 g/mol. The SMILES string of the molecule is COCc1ccc2c(n1)CCN(C(=O)C1CC(CC(=O)O)C1)[C@H]2C(=O)Nc1cc(F)c2c(c1)CCC2(C)C. The van der Waals surface area contributed by atoms with E-state index in [0.29, 0.717) is 49.2 Å². The topological polar surface area (TPSA) is 109 Å². The molecule has 1 atom stereocenters. The predicted octanol–water partition coefficient (Wildman–Crippen LogP) is 4.16. The number of carbonyl (C=O) groups is 3. The third-order valence-electron chi connectivity index (χ3n) is 8.27. The highest BCUT2D eigenvalue weighted by atomic mass is 19.1. The Balaban J connectivity index is 1.42. The lowest BCUT2D eigenvalue weighted by Crippen LogP contribution is -2.50. The molecule has 8 nitrogen and oxygen atoms in total. The summed E-state index contributed by atoms with van der Waals surface area (Å²) < 4.78 is 20.3. The van der Waals surface area contributed by atoms with Gasteiger partial charge in [-0.1, -0.05) is 19.9 Å². The molecule has 0 unspecified atom stereocenters. The average Bonchev–Trinajstić information content (AvgIpc) is 3.14. The summed E-state index contributed by atoms with van der Waals surface area (Å²) in [4.78, 5) is 44.6. The van der Waals surface area contributed by atoms with Crippen molar-refractivity contribution in [1.29, 1.82) is 0 Å². The number of hydrogen-bond donors (Lipinski definition) is 2. The van der Waals surface area contributed by atoms with E-state index in [1.165, 1.54) is 6.07 Å². The first-order chi connectivity index (χ1) is 18.1. The number of ether oxygens (including phenoxy) is 1. The van der Waals surface area contributed by atoms with Crippen molar-refractivity contribution >= 4 is 23.5 Å². The standard InChI is InChI=1S/C29H34FN3O5/c1-29(2)8-6-17-13-20(14-22(30)25(17)29)32-27(36)26-21-5-4-19(15-38-3)31-23(21)7-9-33(26)28(37)18-10-16(11-18)12-24(34)35/h4-5,13-14,16,18,26H,6-12,15H2,1-3H3,(H,32,36)(H,34,35)/t16?,18?,26-/m1/s1. The Hall–Kier alpha value is -3.33. The van der Waals surface area contributed by atoms with Gasteiger partial charge in [0.15, 0.2) is 0 Å². The molecule has 2 amide bonds. The van der Waals surface area contributed by atoms with Gasteiger partial charge < -0.3 is 20.1 Å². The number of methoxy groups -OCH3 is 1. The molecule has 9 heteroatoms. The normalized spacial score (nSPS) is 23.3. The number of fused-ring (bicyclic) bond motifs is 2. The Morgan fingerprint density at radius 1 is 1.21 bits per heavy atom. The van der Waals surface area contributed by atoms with E-state index >= 15 is 4.39 Å². The number of nitrogens with one attached hydrogen (secondary N) is 1. The Morgan fingerprint density at radius 2 is 1.97 bits per heavy atom. The molecule has 0 spiro atoms. The van der Waals surface area contributed by atoms with E-state index in [0.717, 1.165) is 29.8 Å². The summed E-state index contributed by atoms with van der Waals surface area (Å²) in [5, 5.41) is 11.9. The number of amides is 2. The second-order valence-corrected chi connectivity index (χ2v) is 11.5. The second-order valence-electron chi connectivity index (χ2n) is 11.5. The molecule has 2 aliphatic carbocycles. The van der Waals surface area contributed by atoms with E-state index < -0.39 is 17.9 Å². The van der Waals surface area contributed by atoms with E-state index in [1.807, 2.05) is 26.0 Å². The molecule has 0 bridgehead atoms. The van der Waals surface area contributed by atoms with Gasteiger partial charge in [0.05, 0.1) is 12.3 Å². The molecule has 2 aromatic rings. The summed E-state index contributed by atoms with van der Waals surface area (Å²) in [6, 6.07) is 5.90. The number of anilines is 1. The van der Waals surface area contributed by atoms with Crippen LogP contribution in [0.15, 0.2) is 24.3 Å². The zero-order chi connectivity index (χ0) is 27.2. The van der Waals surface area contributed by atoms with Crippen LogP contribution in [0, 0.1) is 17.7 Å². The number of hydrogen-bond acceptors (Lipinski definition) is 5. The predicted molar refractivity (Wildman–Crippen MR) is 138 cm³/mol. The van der Waals surface area contributed by atoms with Crippen LogP contribution >= 0.6 is 0 Å². The fourth-order valence-corrected chi connectivity index (χ4v) is 6.34. The first kappa shape index (κ1) is 26.3. The van der Waals surface area contributed by atoms with Gasteiger partial charge in [-0.2, -0.15) is 0 Å². The lowest BCUT2D eigenvalue weighted by molar-refractivity contribution is -0.149. The maximum absolute atomic E-state index is 15.1. The van der Waals surface area contributed by atoms with Crippen molar-refractivity contribution in [2.45, 2.75) is 70.4 Å². The van der Waals surface area contributed by atoms with Crippen LogP contribution in [-0.4, -0.2) is 46.4 Å². The number of nitrogens with zero attached hydrogens (tertiary/aromatic N) is 2. The minimum absolute atomic E-state index is 0.0253. The molecular formula is C29H34FN3O5. The average molecular weight is 524 g/mol. The van der Waals surface area contributed by atoms with E-state index in [9.17, 15) is 14.4 Å². The number of halogens is 1. The van der Waals surface area contributed by atoms with Gasteiger partial charge >= 0.3 is 5.97 Å². The van der Waals surface area contributed by atoms with Gasteiger partial charge in [-0.3, -0.25) is 19.4 Å². The summed E-state index contributed by atoms with van der Waals surface area (Å²) in [7, 11) is 1.59. The van der Waals surface area contributed by atoms with Crippen LogP contribution in [0.1, 0.15) is 73.7 Å². The number of aryl methyl sites for hydroxylation is 1. The first-order valence-electron chi connectivity index (χ1n) is 13.2. The monoisotopic (exact) mass is 523 g/mol. The van der Waals surface area contributed by atoms with Crippen molar-refractivity contribution in [2.75, 3.05) is 19.0 Å². The van der Waals surface area contributed by atoms with Gasteiger partial charge in [0, 0.05) is 49.4 Å². The molecule has 5 rings (SSSR count). The maximum atomic E-state index is 15.1. The number of aromatic nitrogens is 1. The number of pyridine rings is 1. The van der Waals surface area contributed by atoms with E-state index in [1.54, 1.807) is 18.1 Å². The Labute approximate surface area is 221 Å². The van der Waals surface area contributed by atoms with Gasteiger partial charge in [-0.05, 0) is 66.3 Å². The molecule has 0 saturated heterocycles. The van der Waals surface area contributed by atoms with Gasteiger partial charge in [0.2, 0.25) is 5.91 Å². The molecule has 38 heavy (non-hydrogen) atoms. The van der Waals surface area contributed by atoms with Crippen LogP contribution in [0.3, 0.4) is 0 Å². The van der Waals surface area contributed by atoms with E-state index in [4.69, 9.17) is 9.84 Å². The van der Waals surface area contributed by atoms with Gasteiger partial charge in [-0.15, -0.1) is 0 Å². The van der Waals surface area contributed by atoms with Crippen LogP contribution in [0.4, 0.5) is 10.1 Å². The highest BCUT2D eigenvalue weighted by molar-refractivity contribution is 5.99. The third kappa shape index (κ3) is 4.91. The molecule has 1 aliphatic heterocycles. The minimum Gasteiger partial charge on any atom is -0.481 e.